The van der Waals surface area contributed by atoms with Crippen LogP contribution in [0.1, 0.15) is 15.9 Å². The number of piperazine rings is 1. The lowest BCUT2D eigenvalue weighted by atomic mass is 10.1. The summed E-state index contributed by atoms with van der Waals surface area (Å²) in [6.45, 7) is 3.64. The van der Waals surface area contributed by atoms with Gasteiger partial charge in [-0.1, -0.05) is 30.3 Å². The third-order valence-electron chi connectivity index (χ3n) is 6.14. The number of sulfonamides is 1. The number of rotatable bonds is 6. The highest BCUT2D eigenvalue weighted by atomic mass is 32.2. The van der Waals surface area contributed by atoms with E-state index in [-0.39, 0.29) is 10.8 Å². The Morgan fingerprint density at radius 2 is 1.51 bits per heavy atom. The van der Waals surface area contributed by atoms with Crippen molar-refractivity contribution in [2.24, 2.45) is 0 Å². The maximum atomic E-state index is 13.1. The van der Waals surface area contributed by atoms with Crippen molar-refractivity contribution in [3.05, 3.63) is 83.9 Å². The predicted octanol–water partition coefficient (Wildman–Crippen LogP) is 3.22. The molecule has 9 heteroatoms. The molecule has 0 radical (unpaired) electrons. The van der Waals surface area contributed by atoms with Gasteiger partial charge < -0.3 is 14.8 Å². The molecule has 2 aliphatic heterocycles. The van der Waals surface area contributed by atoms with Gasteiger partial charge in [0.2, 0.25) is 10.0 Å². The number of ether oxygens (including phenoxy) is 2. The minimum atomic E-state index is -3.61. The van der Waals surface area contributed by atoms with E-state index >= 15 is 0 Å². The van der Waals surface area contributed by atoms with E-state index in [9.17, 15) is 13.2 Å². The molecule has 3 aromatic carbocycles. The monoisotopic (exact) mass is 493 g/mol. The van der Waals surface area contributed by atoms with Crippen molar-refractivity contribution in [1.29, 1.82) is 0 Å². The summed E-state index contributed by atoms with van der Waals surface area (Å²) in [4.78, 5) is 14.9. The Balaban J connectivity index is 1.16. The number of carbonyl (C=O) groups is 1. The summed E-state index contributed by atoms with van der Waals surface area (Å²) in [5.74, 6) is 0.890. The SMILES string of the molecule is O=C(Nc1ccccc1)c1ccc(CN2CCN(S(=O)(=O)c3ccc4c(c3)OCCO4)CC2)cc1. The van der Waals surface area contributed by atoms with Crippen molar-refractivity contribution < 1.29 is 22.7 Å². The number of anilines is 1. The average molecular weight is 494 g/mol. The normalized spacial score (nSPS) is 16.6. The minimum Gasteiger partial charge on any atom is -0.486 e. The number of fused-ring (bicyclic) bond motifs is 1. The van der Waals surface area contributed by atoms with Crippen molar-refractivity contribution in [2.45, 2.75) is 11.4 Å². The molecule has 0 atom stereocenters. The van der Waals surface area contributed by atoms with Gasteiger partial charge in [0.1, 0.15) is 13.2 Å². The standard InChI is InChI=1S/C26H27N3O5S/c30-26(27-22-4-2-1-3-5-22)21-8-6-20(7-9-21)19-28-12-14-29(15-13-28)35(31,32)23-10-11-24-25(18-23)34-17-16-33-24/h1-11,18H,12-17,19H2,(H,27,30). The average Bonchev–Trinajstić information content (AvgIpc) is 2.90. The number of para-hydroxylation sites is 1. The van der Waals surface area contributed by atoms with Crippen LogP contribution in [0, 0.1) is 0 Å². The zero-order valence-electron chi connectivity index (χ0n) is 19.2. The Bertz CT molecular complexity index is 1290. The lowest BCUT2D eigenvalue weighted by Gasteiger charge is -2.34. The molecule has 0 spiro atoms. The first-order valence-electron chi connectivity index (χ1n) is 11.6. The van der Waals surface area contributed by atoms with E-state index in [1.807, 2.05) is 54.6 Å². The zero-order valence-corrected chi connectivity index (χ0v) is 20.0. The van der Waals surface area contributed by atoms with Gasteiger partial charge in [-0.3, -0.25) is 9.69 Å². The second-order valence-electron chi connectivity index (χ2n) is 8.50. The van der Waals surface area contributed by atoms with E-state index in [0.29, 0.717) is 63.0 Å². The third-order valence-corrected chi connectivity index (χ3v) is 8.03. The fraction of sp³-hybridized carbons (Fsp3) is 0.269. The summed E-state index contributed by atoms with van der Waals surface area (Å²) < 4.78 is 38.8. The van der Waals surface area contributed by atoms with Crippen LogP contribution >= 0.6 is 0 Å². The van der Waals surface area contributed by atoms with Gasteiger partial charge in [-0.05, 0) is 42.0 Å². The van der Waals surface area contributed by atoms with Gasteiger partial charge in [0.15, 0.2) is 11.5 Å². The molecule has 182 valence electrons. The van der Waals surface area contributed by atoms with Crippen LogP contribution in [0.3, 0.4) is 0 Å². The van der Waals surface area contributed by atoms with Crippen molar-refractivity contribution in [3.63, 3.8) is 0 Å². The first-order chi connectivity index (χ1) is 17.0. The molecule has 5 rings (SSSR count). The van der Waals surface area contributed by atoms with Crippen molar-refractivity contribution >= 4 is 21.6 Å². The Morgan fingerprint density at radius 1 is 0.829 bits per heavy atom. The number of carbonyl (C=O) groups excluding carboxylic acids is 1. The number of nitrogens with one attached hydrogen (secondary N) is 1. The summed E-state index contributed by atoms with van der Waals surface area (Å²) in [5, 5.41) is 2.88. The highest BCUT2D eigenvalue weighted by Gasteiger charge is 2.29. The number of benzene rings is 3. The highest BCUT2D eigenvalue weighted by Crippen LogP contribution is 2.33. The quantitative estimate of drug-likeness (QED) is 0.567. The molecule has 2 aliphatic rings. The molecular weight excluding hydrogens is 466 g/mol. The van der Waals surface area contributed by atoms with Gasteiger partial charge in [-0.2, -0.15) is 4.31 Å². The van der Waals surface area contributed by atoms with E-state index in [1.54, 1.807) is 18.2 Å². The van der Waals surface area contributed by atoms with Crippen molar-refractivity contribution in [3.8, 4) is 11.5 Å². The van der Waals surface area contributed by atoms with Crippen LogP contribution in [0.4, 0.5) is 5.69 Å². The largest absolute Gasteiger partial charge is 0.486 e. The summed E-state index contributed by atoms with van der Waals surface area (Å²) in [6, 6.07) is 21.6. The lowest BCUT2D eigenvalue weighted by Crippen LogP contribution is -2.48. The maximum absolute atomic E-state index is 13.1. The molecule has 0 saturated carbocycles. The van der Waals surface area contributed by atoms with E-state index < -0.39 is 10.0 Å². The zero-order chi connectivity index (χ0) is 24.3. The third kappa shape index (κ3) is 5.32. The number of amides is 1. The summed E-state index contributed by atoms with van der Waals surface area (Å²) >= 11 is 0. The Morgan fingerprint density at radius 3 is 2.23 bits per heavy atom. The predicted molar refractivity (Wildman–Crippen MR) is 132 cm³/mol. The first-order valence-corrected chi connectivity index (χ1v) is 13.0. The van der Waals surface area contributed by atoms with Crippen LogP contribution in [-0.2, 0) is 16.6 Å². The molecule has 1 amide bonds. The molecule has 0 bridgehead atoms. The van der Waals surface area contributed by atoms with E-state index in [1.165, 1.54) is 4.31 Å². The summed E-state index contributed by atoms with van der Waals surface area (Å²) in [7, 11) is -3.61. The smallest absolute Gasteiger partial charge is 0.255 e. The Hall–Kier alpha value is -3.40. The molecule has 0 aliphatic carbocycles. The molecular formula is C26H27N3O5S. The number of nitrogens with zero attached hydrogens (tertiary/aromatic N) is 2. The lowest BCUT2D eigenvalue weighted by molar-refractivity contribution is 0.102. The fourth-order valence-corrected chi connectivity index (χ4v) is 5.64. The molecule has 1 saturated heterocycles. The molecule has 1 fully saturated rings. The first kappa shape index (κ1) is 23.3. The van der Waals surface area contributed by atoms with Crippen LogP contribution in [0.25, 0.3) is 0 Å². The van der Waals surface area contributed by atoms with Crippen molar-refractivity contribution in [1.82, 2.24) is 9.21 Å². The van der Waals surface area contributed by atoms with Gasteiger partial charge >= 0.3 is 0 Å². The van der Waals surface area contributed by atoms with Gasteiger partial charge in [0.25, 0.3) is 5.91 Å². The summed E-state index contributed by atoms with van der Waals surface area (Å²) in [5.41, 5.74) is 2.42. The topological polar surface area (TPSA) is 88.2 Å². The Kier molecular flexibility index (Phi) is 6.72. The van der Waals surface area contributed by atoms with Gasteiger partial charge in [-0.15, -0.1) is 0 Å². The molecule has 0 unspecified atom stereocenters. The van der Waals surface area contributed by atoms with E-state index in [0.717, 1.165) is 11.3 Å². The second-order valence-corrected chi connectivity index (χ2v) is 10.4. The van der Waals surface area contributed by atoms with Crippen LogP contribution in [0.5, 0.6) is 11.5 Å². The molecule has 0 aromatic heterocycles. The Labute approximate surface area is 205 Å². The van der Waals surface area contributed by atoms with Gasteiger partial charge in [0, 0.05) is 50.0 Å². The number of hydrogen-bond acceptors (Lipinski definition) is 6. The van der Waals surface area contributed by atoms with Crippen molar-refractivity contribution in [2.75, 3.05) is 44.7 Å². The van der Waals surface area contributed by atoms with Gasteiger partial charge in [0.05, 0.1) is 4.90 Å². The second kappa shape index (κ2) is 10.1. The van der Waals surface area contributed by atoms with Crippen LogP contribution in [0.15, 0.2) is 77.7 Å². The van der Waals surface area contributed by atoms with Crippen LogP contribution in [0.2, 0.25) is 0 Å². The minimum absolute atomic E-state index is 0.152. The summed E-state index contributed by atoms with van der Waals surface area (Å²) in [6.07, 6.45) is 0. The van der Waals surface area contributed by atoms with E-state index in [2.05, 4.69) is 10.2 Å². The maximum Gasteiger partial charge on any atom is 0.255 e. The molecule has 2 heterocycles. The number of hydrogen-bond donors (Lipinski definition) is 1. The van der Waals surface area contributed by atoms with Gasteiger partial charge in [-0.25, -0.2) is 8.42 Å². The molecule has 35 heavy (non-hydrogen) atoms. The van der Waals surface area contributed by atoms with Crippen LogP contribution in [-0.4, -0.2) is 62.9 Å². The van der Waals surface area contributed by atoms with E-state index in [4.69, 9.17) is 9.47 Å². The molecule has 1 N–H and O–H groups in total. The van der Waals surface area contributed by atoms with Crippen LogP contribution < -0.4 is 14.8 Å². The highest BCUT2D eigenvalue weighted by molar-refractivity contribution is 7.89. The molecule has 8 nitrogen and oxygen atoms in total. The molecule has 3 aromatic rings. The fourth-order valence-electron chi connectivity index (χ4n) is 4.21.